The van der Waals surface area contributed by atoms with Gasteiger partial charge in [0.25, 0.3) is 0 Å². The normalized spacial score (nSPS) is 12.8. The van der Waals surface area contributed by atoms with Crippen LogP contribution < -0.4 is 5.32 Å². The molecule has 1 aromatic rings. The molecular weight excluding hydrogens is 197 g/mol. The summed E-state index contributed by atoms with van der Waals surface area (Å²) in [4.78, 5) is 0. The number of hydrogen-bond acceptors (Lipinski definition) is 2. The smallest absolute Gasteiger partial charge is 0.123 e. The zero-order valence-corrected chi connectivity index (χ0v) is 9.40. The fourth-order valence-electron chi connectivity index (χ4n) is 1.41. The average Bonchev–Trinajstić information content (AvgIpc) is 2.17. The van der Waals surface area contributed by atoms with Crippen LogP contribution in [-0.2, 0) is 0 Å². The zero-order chi connectivity index (χ0) is 10.4. The Kier molecular flexibility index (Phi) is 4.98. The lowest BCUT2D eigenvalue weighted by atomic mass is 10.1. The largest absolute Gasteiger partial charge is 0.310 e. The summed E-state index contributed by atoms with van der Waals surface area (Å²) >= 11 is 1.77. The van der Waals surface area contributed by atoms with Crippen molar-refractivity contribution in [2.75, 3.05) is 18.6 Å². The highest BCUT2D eigenvalue weighted by Gasteiger charge is 2.09. The van der Waals surface area contributed by atoms with Crippen LogP contribution in [0.25, 0.3) is 0 Å². The first-order valence-corrected chi connectivity index (χ1v) is 6.15. The Balaban J connectivity index is 2.75. The summed E-state index contributed by atoms with van der Waals surface area (Å²) in [6.07, 6.45) is 2.06. The second-order valence-corrected chi connectivity index (χ2v) is 4.03. The maximum Gasteiger partial charge on any atom is 0.123 e. The molecule has 0 radical (unpaired) electrons. The van der Waals surface area contributed by atoms with Crippen molar-refractivity contribution in [1.82, 2.24) is 5.32 Å². The molecule has 1 N–H and O–H groups in total. The number of thioether (sulfide) groups is 1. The SMILES string of the molecule is CCNC(CSC)c1cccc(F)c1. The predicted molar refractivity (Wildman–Crippen MR) is 61.2 cm³/mol. The standard InChI is InChI=1S/C11H16FNS/c1-3-13-11(8-14-2)9-5-4-6-10(12)7-9/h4-7,11,13H,3,8H2,1-2H3. The quantitative estimate of drug-likeness (QED) is 0.807. The molecule has 1 atom stereocenters. The average molecular weight is 213 g/mol. The van der Waals surface area contributed by atoms with E-state index in [1.54, 1.807) is 23.9 Å². The van der Waals surface area contributed by atoms with Crippen molar-refractivity contribution in [3.8, 4) is 0 Å². The molecule has 0 aliphatic carbocycles. The van der Waals surface area contributed by atoms with E-state index in [2.05, 4.69) is 18.5 Å². The van der Waals surface area contributed by atoms with Gasteiger partial charge < -0.3 is 5.32 Å². The third-order valence-corrected chi connectivity index (χ3v) is 2.70. The maximum absolute atomic E-state index is 13.0. The minimum atomic E-state index is -0.161. The van der Waals surface area contributed by atoms with Gasteiger partial charge in [0.1, 0.15) is 5.82 Å². The van der Waals surface area contributed by atoms with Gasteiger partial charge in [0.2, 0.25) is 0 Å². The van der Waals surface area contributed by atoms with Gasteiger partial charge in [0.15, 0.2) is 0 Å². The topological polar surface area (TPSA) is 12.0 Å². The van der Waals surface area contributed by atoms with Crippen molar-refractivity contribution in [1.29, 1.82) is 0 Å². The molecule has 0 saturated carbocycles. The van der Waals surface area contributed by atoms with E-state index in [9.17, 15) is 4.39 Å². The van der Waals surface area contributed by atoms with Crippen molar-refractivity contribution in [3.63, 3.8) is 0 Å². The molecule has 0 amide bonds. The highest BCUT2D eigenvalue weighted by atomic mass is 32.2. The van der Waals surface area contributed by atoms with Crippen LogP contribution in [-0.4, -0.2) is 18.6 Å². The summed E-state index contributed by atoms with van der Waals surface area (Å²) in [6.45, 7) is 2.97. The van der Waals surface area contributed by atoms with Crippen LogP contribution in [0.15, 0.2) is 24.3 Å². The maximum atomic E-state index is 13.0. The summed E-state index contributed by atoms with van der Waals surface area (Å²) in [5, 5.41) is 3.34. The second kappa shape index (κ2) is 6.04. The molecule has 14 heavy (non-hydrogen) atoms. The van der Waals surface area contributed by atoms with Crippen LogP contribution in [0.2, 0.25) is 0 Å². The Morgan fingerprint density at radius 2 is 2.29 bits per heavy atom. The molecular formula is C11H16FNS. The first-order valence-electron chi connectivity index (χ1n) is 4.75. The van der Waals surface area contributed by atoms with E-state index >= 15 is 0 Å². The van der Waals surface area contributed by atoms with Crippen molar-refractivity contribution in [2.45, 2.75) is 13.0 Å². The third kappa shape index (κ3) is 3.31. The molecule has 1 aromatic carbocycles. The summed E-state index contributed by atoms with van der Waals surface area (Å²) in [6, 6.07) is 7.06. The van der Waals surface area contributed by atoms with Crippen LogP contribution in [0.5, 0.6) is 0 Å². The molecule has 3 heteroatoms. The Hall–Kier alpha value is -0.540. The summed E-state index contributed by atoms with van der Waals surface area (Å²) in [5.74, 6) is 0.809. The van der Waals surface area contributed by atoms with E-state index in [-0.39, 0.29) is 11.9 Å². The minimum absolute atomic E-state index is 0.161. The molecule has 0 aromatic heterocycles. The van der Waals surface area contributed by atoms with E-state index in [1.165, 1.54) is 6.07 Å². The van der Waals surface area contributed by atoms with Crippen LogP contribution in [0.4, 0.5) is 4.39 Å². The molecule has 0 bridgehead atoms. The fourth-order valence-corrected chi connectivity index (χ4v) is 2.05. The van der Waals surface area contributed by atoms with E-state index < -0.39 is 0 Å². The van der Waals surface area contributed by atoms with Gasteiger partial charge >= 0.3 is 0 Å². The van der Waals surface area contributed by atoms with Crippen molar-refractivity contribution < 1.29 is 4.39 Å². The number of halogens is 1. The highest BCUT2D eigenvalue weighted by molar-refractivity contribution is 7.98. The van der Waals surface area contributed by atoms with Gasteiger partial charge in [-0.05, 0) is 30.5 Å². The first-order chi connectivity index (χ1) is 6.77. The van der Waals surface area contributed by atoms with Crippen LogP contribution >= 0.6 is 11.8 Å². The van der Waals surface area contributed by atoms with Gasteiger partial charge in [-0.3, -0.25) is 0 Å². The molecule has 0 saturated heterocycles. The summed E-state index contributed by atoms with van der Waals surface area (Å²) in [7, 11) is 0. The van der Waals surface area contributed by atoms with Gasteiger partial charge in [-0.15, -0.1) is 0 Å². The van der Waals surface area contributed by atoms with Gasteiger partial charge in [-0.1, -0.05) is 19.1 Å². The summed E-state index contributed by atoms with van der Waals surface area (Å²) < 4.78 is 13.0. The second-order valence-electron chi connectivity index (χ2n) is 3.12. The van der Waals surface area contributed by atoms with E-state index in [1.807, 2.05) is 6.07 Å². The minimum Gasteiger partial charge on any atom is -0.310 e. The monoisotopic (exact) mass is 213 g/mol. The van der Waals surface area contributed by atoms with Gasteiger partial charge in [-0.2, -0.15) is 11.8 Å². The predicted octanol–water partition coefficient (Wildman–Crippen LogP) is 2.84. The van der Waals surface area contributed by atoms with E-state index in [0.717, 1.165) is 17.9 Å². The Labute approximate surface area is 89.1 Å². The first kappa shape index (κ1) is 11.5. The molecule has 0 aliphatic rings. The van der Waals surface area contributed by atoms with E-state index in [0.29, 0.717) is 0 Å². The number of nitrogens with one attached hydrogen (secondary N) is 1. The molecule has 0 aliphatic heterocycles. The van der Waals surface area contributed by atoms with Crippen molar-refractivity contribution in [3.05, 3.63) is 35.6 Å². The fraction of sp³-hybridized carbons (Fsp3) is 0.455. The van der Waals surface area contributed by atoms with Crippen LogP contribution in [0.3, 0.4) is 0 Å². The van der Waals surface area contributed by atoms with Crippen LogP contribution in [0.1, 0.15) is 18.5 Å². The lowest BCUT2D eigenvalue weighted by Crippen LogP contribution is -2.22. The Bertz CT molecular complexity index is 272. The Morgan fingerprint density at radius 1 is 1.50 bits per heavy atom. The molecule has 1 unspecified atom stereocenters. The molecule has 1 nitrogen and oxygen atoms in total. The highest BCUT2D eigenvalue weighted by Crippen LogP contribution is 2.17. The lowest BCUT2D eigenvalue weighted by molar-refractivity contribution is 0.589. The van der Waals surface area contributed by atoms with Crippen LogP contribution in [0, 0.1) is 5.82 Å². The molecule has 0 heterocycles. The lowest BCUT2D eigenvalue weighted by Gasteiger charge is -2.16. The molecule has 0 fully saturated rings. The van der Waals surface area contributed by atoms with Crippen molar-refractivity contribution >= 4 is 11.8 Å². The van der Waals surface area contributed by atoms with Crippen molar-refractivity contribution in [2.24, 2.45) is 0 Å². The third-order valence-electron chi connectivity index (χ3n) is 2.03. The molecule has 78 valence electrons. The Morgan fingerprint density at radius 3 is 2.86 bits per heavy atom. The number of hydrogen-bond donors (Lipinski definition) is 1. The van der Waals surface area contributed by atoms with Gasteiger partial charge in [-0.25, -0.2) is 4.39 Å². The van der Waals surface area contributed by atoms with E-state index in [4.69, 9.17) is 0 Å². The molecule has 1 rings (SSSR count). The number of benzene rings is 1. The zero-order valence-electron chi connectivity index (χ0n) is 8.59. The molecule has 0 spiro atoms. The number of rotatable bonds is 5. The summed E-state index contributed by atoms with van der Waals surface area (Å²) in [5.41, 5.74) is 1.03. The van der Waals surface area contributed by atoms with Gasteiger partial charge in [0.05, 0.1) is 0 Å². The van der Waals surface area contributed by atoms with Gasteiger partial charge in [0, 0.05) is 11.8 Å².